The minimum Gasteiger partial charge on any atom is -0.340 e. The van der Waals surface area contributed by atoms with E-state index in [-0.39, 0.29) is 29.7 Å². The molecule has 1 spiro atoms. The Morgan fingerprint density at radius 2 is 1.93 bits per heavy atom. The smallest absolute Gasteiger partial charge is 0.325 e. The molecule has 3 fully saturated rings. The Bertz CT molecular complexity index is 983. The first-order valence-electron chi connectivity index (χ1n) is 10.3. The van der Waals surface area contributed by atoms with Gasteiger partial charge in [-0.3, -0.25) is 24.3 Å². The van der Waals surface area contributed by atoms with Crippen molar-refractivity contribution in [2.45, 2.75) is 57.4 Å². The topological polar surface area (TPSA) is 135 Å². The lowest BCUT2D eigenvalue weighted by Gasteiger charge is -2.40. The van der Waals surface area contributed by atoms with E-state index in [2.05, 4.69) is 29.1 Å². The zero-order chi connectivity index (χ0) is 21.7. The van der Waals surface area contributed by atoms with Gasteiger partial charge in [-0.2, -0.15) is 0 Å². The van der Waals surface area contributed by atoms with Crippen LogP contribution in [0.4, 0.5) is 4.79 Å². The highest BCUT2D eigenvalue weighted by atomic mass is 16.2. The first-order valence-corrected chi connectivity index (χ1v) is 10.3. The van der Waals surface area contributed by atoms with Crippen LogP contribution in [0.2, 0.25) is 0 Å². The number of imide groups is 1. The SMILES string of the molecule is CC1(C)CCCC2(C1)NC(=O)N(CC(=O)N1CCC(c3cc(=O)[nH]c(=O)[nH]3)C1)C2=O. The Kier molecular flexibility index (Phi) is 4.82. The molecule has 3 N–H and O–H groups in total. The molecule has 4 amide bonds. The van der Waals surface area contributed by atoms with Gasteiger partial charge in [-0.15, -0.1) is 0 Å². The Morgan fingerprint density at radius 3 is 2.63 bits per heavy atom. The summed E-state index contributed by atoms with van der Waals surface area (Å²) in [5, 5.41) is 2.86. The van der Waals surface area contributed by atoms with Crippen LogP contribution >= 0.6 is 0 Å². The lowest BCUT2D eigenvalue weighted by Crippen LogP contribution is -2.52. The third kappa shape index (κ3) is 3.66. The average molecular weight is 417 g/mol. The van der Waals surface area contributed by atoms with Crippen LogP contribution in [-0.2, 0) is 9.59 Å². The molecular weight excluding hydrogens is 390 g/mol. The molecule has 10 heteroatoms. The third-order valence-electron chi connectivity index (χ3n) is 6.54. The summed E-state index contributed by atoms with van der Waals surface area (Å²) in [6, 6.07) is 0.812. The minimum atomic E-state index is -0.906. The van der Waals surface area contributed by atoms with E-state index in [9.17, 15) is 24.0 Å². The maximum absolute atomic E-state index is 13.1. The molecule has 2 unspecified atom stereocenters. The van der Waals surface area contributed by atoms with Crippen molar-refractivity contribution in [3.63, 3.8) is 0 Å². The van der Waals surface area contributed by atoms with Crippen molar-refractivity contribution in [3.05, 3.63) is 32.6 Å². The number of nitrogens with one attached hydrogen (secondary N) is 3. The molecule has 1 saturated carbocycles. The molecule has 2 atom stereocenters. The van der Waals surface area contributed by atoms with Gasteiger partial charge in [0.1, 0.15) is 12.1 Å². The molecule has 1 aromatic rings. The molecule has 10 nitrogen and oxygen atoms in total. The summed E-state index contributed by atoms with van der Waals surface area (Å²) in [4.78, 5) is 68.8. The third-order valence-corrected chi connectivity index (χ3v) is 6.54. The Hall–Kier alpha value is -2.91. The molecule has 162 valence electrons. The van der Waals surface area contributed by atoms with E-state index >= 15 is 0 Å². The van der Waals surface area contributed by atoms with E-state index in [4.69, 9.17) is 0 Å². The molecule has 30 heavy (non-hydrogen) atoms. The van der Waals surface area contributed by atoms with Crippen LogP contribution < -0.4 is 16.6 Å². The number of amides is 4. The fourth-order valence-corrected chi connectivity index (χ4v) is 5.15. The zero-order valence-corrected chi connectivity index (χ0v) is 17.2. The maximum Gasteiger partial charge on any atom is 0.325 e. The standard InChI is InChI=1S/C20H27N5O5/c1-19(2)5-3-6-20(11-19)16(28)25(18(30)23-20)10-15(27)24-7-4-12(9-24)13-8-14(26)22-17(29)21-13/h8,12H,3-7,9-11H2,1-2H3,(H,23,30)(H2,21,22,26,29). The highest BCUT2D eigenvalue weighted by molar-refractivity contribution is 6.09. The summed E-state index contributed by atoms with van der Waals surface area (Å²) in [6.07, 6.45) is 3.59. The second-order valence-electron chi connectivity index (χ2n) is 9.47. The normalized spacial score (nSPS) is 28.3. The number of nitrogens with zero attached hydrogens (tertiary/aromatic N) is 2. The molecule has 2 saturated heterocycles. The van der Waals surface area contributed by atoms with E-state index < -0.39 is 22.8 Å². The van der Waals surface area contributed by atoms with Crippen LogP contribution in [0.3, 0.4) is 0 Å². The summed E-state index contributed by atoms with van der Waals surface area (Å²) in [7, 11) is 0. The number of hydrogen-bond donors (Lipinski definition) is 3. The van der Waals surface area contributed by atoms with Crippen LogP contribution in [0.1, 0.15) is 57.6 Å². The lowest BCUT2D eigenvalue weighted by molar-refractivity contribution is -0.139. The second-order valence-corrected chi connectivity index (χ2v) is 9.47. The Balaban J connectivity index is 1.43. The van der Waals surface area contributed by atoms with Gasteiger partial charge in [-0.1, -0.05) is 20.3 Å². The molecule has 0 bridgehead atoms. The zero-order valence-electron chi connectivity index (χ0n) is 17.2. The average Bonchev–Trinajstić information content (AvgIpc) is 3.20. The first-order chi connectivity index (χ1) is 14.1. The summed E-state index contributed by atoms with van der Waals surface area (Å²) in [6.45, 7) is 4.63. The van der Waals surface area contributed by atoms with Crippen molar-refractivity contribution in [2.24, 2.45) is 5.41 Å². The van der Waals surface area contributed by atoms with Crippen LogP contribution in [0.25, 0.3) is 0 Å². The molecule has 0 radical (unpaired) electrons. The van der Waals surface area contributed by atoms with E-state index in [0.717, 1.165) is 17.7 Å². The molecule has 1 aliphatic carbocycles. The van der Waals surface area contributed by atoms with Crippen LogP contribution in [0, 0.1) is 5.41 Å². The van der Waals surface area contributed by atoms with Crippen LogP contribution in [0.5, 0.6) is 0 Å². The molecule has 1 aromatic heterocycles. The number of aromatic nitrogens is 2. The summed E-state index contributed by atoms with van der Waals surface area (Å²) >= 11 is 0. The number of likely N-dealkylation sites (tertiary alicyclic amines) is 1. The number of aromatic amines is 2. The minimum absolute atomic E-state index is 0.0478. The lowest BCUT2D eigenvalue weighted by atomic mass is 9.68. The largest absolute Gasteiger partial charge is 0.340 e. The number of H-pyrrole nitrogens is 2. The molecule has 4 rings (SSSR count). The number of rotatable bonds is 3. The summed E-state index contributed by atoms with van der Waals surface area (Å²) in [5.41, 5.74) is -1.54. The Labute approximate surface area is 173 Å². The predicted molar refractivity (Wildman–Crippen MR) is 107 cm³/mol. The van der Waals surface area contributed by atoms with Crippen LogP contribution in [-0.4, -0.2) is 62.8 Å². The number of carbonyl (C=O) groups is 3. The summed E-state index contributed by atoms with van der Waals surface area (Å²) in [5.74, 6) is -0.804. The predicted octanol–water partition coefficient (Wildman–Crippen LogP) is 0.270. The molecule has 2 aliphatic heterocycles. The van der Waals surface area contributed by atoms with Gasteiger partial charge in [0.15, 0.2) is 0 Å². The van der Waals surface area contributed by atoms with E-state index in [0.29, 0.717) is 38.0 Å². The summed E-state index contributed by atoms with van der Waals surface area (Å²) < 4.78 is 0. The van der Waals surface area contributed by atoms with Gasteiger partial charge in [0.2, 0.25) is 5.91 Å². The fraction of sp³-hybridized carbons (Fsp3) is 0.650. The monoisotopic (exact) mass is 417 g/mol. The van der Waals surface area contributed by atoms with Gasteiger partial charge in [-0.25, -0.2) is 9.59 Å². The van der Waals surface area contributed by atoms with E-state index in [1.165, 1.54) is 6.07 Å². The highest BCUT2D eigenvalue weighted by Gasteiger charge is 2.55. The van der Waals surface area contributed by atoms with Crippen molar-refractivity contribution in [1.29, 1.82) is 0 Å². The Morgan fingerprint density at radius 1 is 1.17 bits per heavy atom. The van der Waals surface area contributed by atoms with Crippen molar-refractivity contribution in [3.8, 4) is 0 Å². The van der Waals surface area contributed by atoms with Gasteiger partial charge in [0.25, 0.3) is 11.5 Å². The molecular formula is C20H27N5O5. The number of carbonyl (C=O) groups excluding carboxylic acids is 3. The van der Waals surface area contributed by atoms with Gasteiger partial charge in [0.05, 0.1) is 0 Å². The van der Waals surface area contributed by atoms with Crippen molar-refractivity contribution >= 4 is 17.8 Å². The van der Waals surface area contributed by atoms with Gasteiger partial charge in [0, 0.05) is 30.8 Å². The molecule has 0 aromatic carbocycles. The van der Waals surface area contributed by atoms with E-state index in [1.807, 2.05) is 0 Å². The molecule has 3 heterocycles. The van der Waals surface area contributed by atoms with Crippen LogP contribution in [0.15, 0.2) is 15.7 Å². The van der Waals surface area contributed by atoms with Gasteiger partial charge >= 0.3 is 11.7 Å². The highest BCUT2D eigenvalue weighted by Crippen LogP contribution is 2.43. The maximum atomic E-state index is 13.1. The number of urea groups is 1. The second kappa shape index (κ2) is 7.10. The first kappa shape index (κ1) is 20.4. The van der Waals surface area contributed by atoms with Gasteiger partial charge in [-0.05, 0) is 31.1 Å². The van der Waals surface area contributed by atoms with E-state index in [1.54, 1.807) is 4.90 Å². The van der Waals surface area contributed by atoms with Crippen molar-refractivity contribution in [2.75, 3.05) is 19.6 Å². The quantitative estimate of drug-likeness (QED) is 0.607. The fourth-order valence-electron chi connectivity index (χ4n) is 5.15. The van der Waals surface area contributed by atoms with Crippen molar-refractivity contribution < 1.29 is 14.4 Å². The van der Waals surface area contributed by atoms with Crippen molar-refractivity contribution in [1.82, 2.24) is 25.1 Å². The van der Waals surface area contributed by atoms with Gasteiger partial charge < -0.3 is 15.2 Å². The molecule has 3 aliphatic rings. The number of hydrogen-bond acceptors (Lipinski definition) is 5.